The Kier molecular flexibility index (Phi) is 5.31. The molecule has 0 saturated heterocycles. The van der Waals surface area contributed by atoms with Crippen LogP contribution in [-0.4, -0.2) is 38.4 Å². The van der Waals surface area contributed by atoms with Crippen LogP contribution in [0.15, 0.2) is 11.2 Å². The van der Waals surface area contributed by atoms with Crippen molar-refractivity contribution < 1.29 is 9.90 Å². The van der Waals surface area contributed by atoms with E-state index in [9.17, 15) is 9.90 Å². The molecule has 0 aliphatic heterocycles. The van der Waals surface area contributed by atoms with Crippen LogP contribution in [0, 0.1) is 13.8 Å². The molecule has 5 nitrogen and oxygen atoms in total. The van der Waals surface area contributed by atoms with Crippen LogP contribution in [0.2, 0.25) is 0 Å². The van der Waals surface area contributed by atoms with E-state index in [0.29, 0.717) is 10.9 Å². The SMILES string of the molecule is Cc1cc(C)nc(SCC(C)(NC(C)C)C(=O)O)n1. The summed E-state index contributed by atoms with van der Waals surface area (Å²) in [6, 6.07) is 1.99. The third-order valence-electron chi connectivity index (χ3n) is 2.53. The first-order valence-corrected chi connectivity index (χ1v) is 7.17. The maximum absolute atomic E-state index is 11.4. The summed E-state index contributed by atoms with van der Waals surface area (Å²) in [5.41, 5.74) is 0.799. The number of carboxylic acids is 1. The Labute approximate surface area is 118 Å². The lowest BCUT2D eigenvalue weighted by molar-refractivity contribution is -0.143. The van der Waals surface area contributed by atoms with Crippen LogP contribution >= 0.6 is 11.8 Å². The third kappa shape index (κ3) is 4.80. The Morgan fingerprint density at radius 3 is 2.37 bits per heavy atom. The van der Waals surface area contributed by atoms with Gasteiger partial charge in [0.05, 0.1) is 0 Å². The van der Waals surface area contributed by atoms with E-state index in [1.54, 1.807) is 6.92 Å². The van der Waals surface area contributed by atoms with Gasteiger partial charge in [0, 0.05) is 23.2 Å². The normalized spacial score (nSPS) is 14.4. The molecule has 0 spiro atoms. The predicted octanol–water partition coefficient (Wildman–Crippen LogP) is 2.03. The van der Waals surface area contributed by atoms with Crippen molar-refractivity contribution >= 4 is 17.7 Å². The highest BCUT2D eigenvalue weighted by Gasteiger charge is 2.33. The number of nitrogens with zero attached hydrogens (tertiary/aromatic N) is 2. The second-order valence-electron chi connectivity index (χ2n) is 5.16. The maximum Gasteiger partial charge on any atom is 0.324 e. The molecule has 0 aliphatic carbocycles. The Bertz CT molecular complexity index is 445. The number of hydrogen-bond acceptors (Lipinski definition) is 5. The highest BCUT2D eigenvalue weighted by atomic mass is 32.2. The number of thioether (sulfide) groups is 1. The van der Waals surface area contributed by atoms with Crippen LogP contribution in [0.4, 0.5) is 0 Å². The Morgan fingerprint density at radius 2 is 1.95 bits per heavy atom. The second kappa shape index (κ2) is 6.34. The number of hydrogen-bond donors (Lipinski definition) is 2. The molecule has 1 aromatic rings. The van der Waals surface area contributed by atoms with Crippen molar-refractivity contribution in [2.75, 3.05) is 5.75 Å². The molecule has 1 atom stereocenters. The highest BCUT2D eigenvalue weighted by Crippen LogP contribution is 2.21. The average Bonchev–Trinajstić information content (AvgIpc) is 2.24. The van der Waals surface area contributed by atoms with Crippen LogP contribution in [0.1, 0.15) is 32.2 Å². The van der Waals surface area contributed by atoms with Gasteiger partial charge in [0.2, 0.25) is 0 Å². The lowest BCUT2D eigenvalue weighted by Gasteiger charge is -2.28. The molecule has 1 rings (SSSR count). The van der Waals surface area contributed by atoms with Gasteiger partial charge in [-0.3, -0.25) is 10.1 Å². The summed E-state index contributed by atoms with van der Waals surface area (Å²) in [7, 11) is 0. The van der Waals surface area contributed by atoms with Crippen LogP contribution in [-0.2, 0) is 4.79 Å². The van der Waals surface area contributed by atoms with Gasteiger partial charge in [0.1, 0.15) is 5.54 Å². The molecule has 0 fully saturated rings. The summed E-state index contributed by atoms with van der Waals surface area (Å²) in [6.45, 7) is 9.35. The van der Waals surface area contributed by atoms with Gasteiger partial charge in [0.25, 0.3) is 0 Å². The first kappa shape index (κ1) is 15.9. The molecule has 6 heteroatoms. The van der Waals surface area contributed by atoms with E-state index < -0.39 is 11.5 Å². The average molecular weight is 283 g/mol. The fraction of sp³-hybridized carbons (Fsp3) is 0.615. The molecule has 106 valence electrons. The van der Waals surface area contributed by atoms with Crippen molar-refractivity contribution in [2.24, 2.45) is 0 Å². The van der Waals surface area contributed by atoms with Crippen molar-refractivity contribution in [1.82, 2.24) is 15.3 Å². The van der Waals surface area contributed by atoms with Gasteiger partial charge in [-0.05, 0) is 40.7 Å². The summed E-state index contributed by atoms with van der Waals surface area (Å²) >= 11 is 1.36. The molecule has 0 amide bonds. The van der Waals surface area contributed by atoms with Crippen molar-refractivity contribution in [3.63, 3.8) is 0 Å². The largest absolute Gasteiger partial charge is 0.480 e. The molecule has 0 aliphatic rings. The molecular formula is C13H21N3O2S. The van der Waals surface area contributed by atoms with Gasteiger partial charge in [0.15, 0.2) is 5.16 Å². The van der Waals surface area contributed by atoms with Gasteiger partial charge < -0.3 is 5.11 Å². The summed E-state index contributed by atoms with van der Waals surface area (Å²) in [6.07, 6.45) is 0. The van der Waals surface area contributed by atoms with Crippen molar-refractivity contribution in [1.29, 1.82) is 0 Å². The first-order valence-electron chi connectivity index (χ1n) is 6.19. The first-order chi connectivity index (χ1) is 8.73. The molecule has 1 aromatic heterocycles. The van der Waals surface area contributed by atoms with E-state index in [-0.39, 0.29) is 6.04 Å². The van der Waals surface area contributed by atoms with Crippen LogP contribution in [0.25, 0.3) is 0 Å². The van der Waals surface area contributed by atoms with Gasteiger partial charge in [-0.2, -0.15) is 0 Å². The third-order valence-corrected chi connectivity index (χ3v) is 3.69. The Hall–Kier alpha value is -1.14. The lowest BCUT2D eigenvalue weighted by Crippen LogP contribution is -2.54. The molecule has 0 bridgehead atoms. The van der Waals surface area contributed by atoms with Gasteiger partial charge in [-0.1, -0.05) is 11.8 Å². The Morgan fingerprint density at radius 1 is 1.42 bits per heavy atom. The second-order valence-corrected chi connectivity index (χ2v) is 6.10. The predicted molar refractivity (Wildman–Crippen MR) is 76.5 cm³/mol. The molecule has 19 heavy (non-hydrogen) atoms. The smallest absolute Gasteiger partial charge is 0.324 e. The summed E-state index contributed by atoms with van der Waals surface area (Å²) in [4.78, 5) is 20.0. The monoisotopic (exact) mass is 283 g/mol. The van der Waals surface area contributed by atoms with Crippen LogP contribution in [0.3, 0.4) is 0 Å². The minimum atomic E-state index is -0.986. The van der Waals surface area contributed by atoms with Crippen LogP contribution in [0.5, 0.6) is 0 Å². The zero-order valence-corrected chi connectivity index (χ0v) is 12.8. The number of nitrogens with one attached hydrogen (secondary N) is 1. The molecule has 2 N–H and O–H groups in total. The van der Waals surface area contributed by atoms with E-state index >= 15 is 0 Å². The minimum Gasteiger partial charge on any atom is -0.480 e. The van der Waals surface area contributed by atoms with E-state index in [0.717, 1.165) is 11.4 Å². The van der Waals surface area contributed by atoms with Gasteiger partial charge >= 0.3 is 5.97 Å². The van der Waals surface area contributed by atoms with Gasteiger partial charge in [-0.15, -0.1) is 0 Å². The van der Waals surface area contributed by atoms with Crippen molar-refractivity contribution in [2.45, 2.75) is 51.4 Å². The molecule has 0 aromatic carbocycles. The van der Waals surface area contributed by atoms with E-state index in [1.807, 2.05) is 33.8 Å². The van der Waals surface area contributed by atoms with Crippen molar-refractivity contribution in [3.8, 4) is 0 Å². The molecular weight excluding hydrogens is 262 g/mol. The topological polar surface area (TPSA) is 75.1 Å². The summed E-state index contributed by atoms with van der Waals surface area (Å²) in [5, 5.41) is 13.1. The minimum absolute atomic E-state index is 0.0989. The number of rotatable bonds is 6. The maximum atomic E-state index is 11.4. The lowest BCUT2D eigenvalue weighted by atomic mass is 10.1. The summed E-state index contributed by atoms with van der Waals surface area (Å²) in [5.74, 6) is -0.485. The van der Waals surface area contributed by atoms with E-state index in [4.69, 9.17) is 0 Å². The fourth-order valence-corrected chi connectivity index (χ4v) is 2.81. The zero-order chi connectivity index (χ0) is 14.6. The van der Waals surface area contributed by atoms with Gasteiger partial charge in [-0.25, -0.2) is 9.97 Å². The van der Waals surface area contributed by atoms with E-state index in [2.05, 4.69) is 15.3 Å². The van der Waals surface area contributed by atoms with Crippen LogP contribution < -0.4 is 5.32 Å². The molecule has 1 heterocycles. The number of aliphatic carboxylic acids is 1. The van der Waals surface area contributed by atoms with Crippen molar-refractivity contribution in [3.05, 3.63) is 17.5 Å². The van der Waals surface area contributed by atoms with E-state index in [1.165, 1.54) is 11.8 Å². The number of carboxylic acid groups (broad SMARTS) is 1. The standard InChI is InChI=1S/C13H21N3O2S/c1-8(2)16-13(5,11(17)18)7-19-12-14-9(3)6-10(4)15-12/h6,8,16H,7H2,1-5H3,(H,17,18). The molecule has 0 radical (unpaired) electrons. The summed E-state index contributed by atoms with van der Waals surface area (Å²) < 4.78 is 0. The number of carbonyl (C=O) groups is 1. The molecule has 0 saturated carbocycles. The Balaban J connectivity index is 2.79. The highest BCUT2D eigenvalue weighted by molar-refractivity contribution is 7.99. The quantitative estimate of drug-likeness (QED) is 0.614. The molecule has 1 unspecified atom stereocenters. The number of aromatic nitrogens is 2. The number of aryl methyl sites for hydroxylation is 2. The fourth-order valence-electron chi connectivity index (χ4n) is 1.77. The zero-order valence-electron chi connectivity index (χ0n) is 12.0.